The molecule has 3 nitrogen and oxygen atoms in total. The molecule has 0 saturated carbocycles. The van der Waals surface area contributed by atoms with Crippen LogP contribution in [0.4, 0.5) is 0 Å². The summed E-state index contributed by atoms with van der Waals surface area (Å²) < 4.78 is 5.66. The third-order valence-corrected chi connectivity index (χ3v) is 4.59. The van der Waals surface area contributed by atoms with E-state index in [2.05, 4.69) is 11.8 Å². The van der Waals surface area contributed by atoms with Gasteiger partial charge in [-0.05, 0) is 32.6 Å². The van der Waals surface area contributed by atoms with Crippen LogP contribution in [0.5, 0.6) is 0 Å². The monoisotopic (exact) mass is 223 g/mol. The second-order valence-electron chi connectivity index (χ2n) is 5.89. The van der Waals surface area contributed by atoms with Crippen LogP contribution >= 0.6 is 0 Å². The number of carbonyl (C=O) groups excluding carboxylic acids is 1. The lowest BCUT2D eigenvalue weighted by Crippen LogP contribution is -2.59. The summed E-state index contributed by atoms with van der Waals surface area (Å²) in [5.41, 5.74) is 0.199. The number of carbonyl (C=O) groups is 1. The minimum absolute atomic E-state index is 0.199. The number of ether oxygens (including phenoxy) is 1. The number of hydrogen-bond donors (Lipinski definition) is 0. The molecule has 0 radical (unpaired) electrons. The minimum Gasteiger partial charge on any atom is -0.380 e. The summed E-state index contributed by atoms with van der Waals surface area (Å²) in [5, 5.41) is 0. The van der Waals surface area contributed by atoms with Gasteiger partial charge in [-0.25, -0.2) is 0 Å². The maximum atomic E-state index is 11.6. The first-order chi connectivity index (χ1) is 7.69. The van der Waals surface area contributed by atoms with Crippen LogP contribution in [-0.2, 0) is 9.53 Å². The van der Waals surface area contributed by atoms with Crippen molar-refractivity contribution in [2.24, 2.45) is 0 Å². The molecule has 3 unspecified atom stereocenters. The Labute approximate surface area is 97.1 Å². The Hall–Kier alpha value is -0.410. The molecule has 3 heterocycles. The van der Waals surface area contributed by atoms with Crippen molar-refractivity contribution in [1.29, 1.82) is 0 Å². The third kappa shape index (κ3) is 1.61. The zero-order valence-corrected chi connectivity index (χ0v) is 10.1. The summed E-state index contributed by atoms with van der Waals surface area (Å²) in [4.78, 5) is 14.2. The summed E-state index contributed by atoms with van der Waals surface area (Å²) in [6, 6.07) is 1.02. The van der Waals surface area contributed by atoms with Gasteiger partial charge in [-0.3, -0.25) is 9.69 Å². The molecule has 3 fully saturated rings. The Morgan fingerprint density at radius 1 is 1.31 bits per heavy atom. The fourth-order valence-corrected chi connectivity index (χ4v) is 3.98. The largest absolute Gasteiger partial charge is 0.380 e. The van der Waals surface area contributed by atoms with Crippen LogP contribution in [0.2, 0.25) is 0 Å². The Bertz CT molecular complexity index is 280. The molecule has 3 aliphatic heterocycles. The van der Waals surface area contributed by atoms with Crippen LogP contribution in [0.3, 0.4) is 0 Å². The smallest absolute Gasteiger partial charge is 0.136 e. The predicted molar refractivity (Wildman–Crippen MR) is 61.3 cm³/mol. The highest BCUT2D eigenvalue weighted by atomic mass is 16.5. The first-order valence-corrected chi connectivity index (χ1v) is 6.57. The highest BCUT2D eigenvalue weighted by Crippen LogP contribution is 2.41. The van der Waals surface area contributed by atoms with Gasteiger partial charge in [0.15, 0.2) is 0 Å². The molecule has 2 bridgehead atoms. The van der Waals surface area contributed by atoms with Crippen molar-refractivity contribution in [3.8, 4) is 0 Å². The van der Waals surface area contributed by atoms with Gasteiger partial charge in [0, 0.05) is 37.1 Å². The van der Waals surface area contributed by atoms with Gasteiger partial charge >= 0.3 is 0 Å². The molecule has 0 spiro atoms. The average molecular weight is 223 g/mol. The van der Waals surface area contributed by atoms with E-state index in [0.29, 0.717) is 17.9 Å². The maximum Gasteiger partial charge on any atom is 0.136 e. The van der Waals surface area contributed by atoms with Gasteiger partial charge in [0.2, 0.25) is 0 Å². The Balaban J connectivity index is 1.81. The van der Waals surface area contributed by atoms with Crippen LogP contribution in [0.15, 0.2) is 0 Å². The number of nitrogens with zero attached hydrogens (tertiary/aromatic N) is 1. The standard InChI is InChI=1S/C13H21NO2/c1-13(5-2-6-16-9-13)14-10-3-4-11(14)8-12(15)7-10/h10-11H,2-9H2,1H3. The molecule has 3 aliphatic rings. The molecule has 0 aromatic carbocycles. The molecule has 3 rings (SSSR count). The molecule has 0 amide bonds. The third-order valence-electron chi connectivity index (χ3n) is 4.59. The van der Waals surface area contributed by atoms with Gasteiger partial charge in [-0.2, -0.15) is 0 Å². The van der Waals surface area contributed by atoms with Crippen molar-refractivity contribution in [2.75, 3.05) is 13.2 Å². The summed E-state index contributed by atoms with van der Waals surface area (Å²) in [6.45, 7) is 4.10. The summed E-state index contributed by atoms with van der Waals surface area (Å²) >= 11 is 0. The van der Waals surface area contributed by atoms with Crippen molar-refractivity contribution in [3.05, 3.63) is 0 Å². The molecule has 3 atom stereocenters. The van der Waals surface area contributed by atoms with Crippen molar-refractivity contribution in [3.63, 3.8) is 0 Å². The molecule has 0 aromatic rings. The van der Waals surface area contributed by atoms with E-state index in [1.807, 2.05) is 0 Å². The normalized spacial score (nSPS) is 44.9. The topological polar surface area (TPSA) is 29.5 Å². The molecule has 0 N–H and O–H groups in total. The molecule has 0 aliphatic carbocycles. The number of ketones is 1. The lowest BCUT2D eigenvalue weighted by Gasteiger charge is -2.49. The van der Waals surface area contributed by atoms with E-state index in [-0.39, 0.29) is 5.54 Å². The summed E-state index contributed by atoms with van der Waals surface area (Å²) in [5.74, 6) is 0.476. The molecular formula is C13H21NO2. The Kier molecular flexibility index (Phi) is 2.55. The molecule has 16 heavy (non-hydrogen) atoms. The first kappa shape index (κ1) is 10.7. The van der Waals surface area contributed by atoms with Crippen molar-refractivity contribution < 1.29 is 9.53 Å². The van der Waals surface area contributed by atoms with E-state index >= 15 is 0 Å². The highest BCUT2D eigenvalue weighted by Gasteiger charge is 2.48. The quantitative estimate of drug-likeness (QED) is 0.678. The molecular weight excluding hydrogens is 202 g/mol. The fraction of sp³-hybridized carbons (Fsp3) is 0.923. The van der Waals surface area contributed by atoms with E-state index in [1.54, 1.807) is 0 Å². The molecule has 0 aromatic heterocycles. The Morgan fingerprint density at radius 2 is 2.00 bits per heavy atom. The molecule has 3 heteroatoms. The predicted octanol–water partition coefficient (Wildman–Crippen LogP) is 1.75. The van der Waals surface area contributed by atoms with E-state index < -0.39 is 0 Å². The highest BCUT2D eigenvalue weighted by molar-refractivity contribution is 5.81. The van der Waals surface area contributed by atoms with E-state index in [1.165, 1.54) is 25.7 Å². The zero-order chi connectivity index (χ0) is 11.2. The fourth-order valence-electron chi connectivity index (χ4n) is 3.98. The molecule has 3 saturated heterocycles. The lowest BCUT2D eigenvalue weighted by molar-refractivity contribution is -0.130. The maximum absolute atomic E-state index is 11.6. The van der Waals surface area contributed by atoms with Gasteiger partial charge in [-0.1, -0.05) is 0 Å². The zero-order valence-electron chi connectivity index (χ0n) is 10.1. The Morgan fingerprint density at radius 3 is 2.56 bits per heavy atom. The van der Waals surface area contributed by atoms with Gasteiger partial charge in [-0.15, -0.1) is 0 Å². The van der Waals surface area contributed by atoms with Crippen LogP contribution in [0, 0.1) is 0 Å². The number of piperidine rings is 1. The number of fused-ring (bicyclic) bond motifs is 2. The van der Waals surface area contributed by atoms with Crippen LogP contribution in [0.1, 0.15) is 45.4 Å². The van der Waals surface area contributed by atoms with Crippen molar-refractivity contribution in [2.45, 2.75) is 63.1 Å². The molecule has 90 valence electrons. The number of rotatable bonds is 1. The van der Waals surface area contributed by atoms with Crippen molar-refractivity contribution >= 4 is 5.78 Å². The van der Waals surface area contributed by atoms with Crippen LogP contribution in [-0.4, -0.2) is 41.5 Å². The summed E-state index contributed by atoms with van der Waals surface area (Å²) in [6.07, 6.45) is 6.39. The first-order valence-electron chi connectivity index (χ1n) is 6.57. The van der Waals surface area contributed by atoms with Gasteiger partial charge < -0.3 is 4.74 Å². The number of hydrogen-bond acceptors (Lipinski definition) is 3. The van der Waals surface area contributed by atoms with Gasteiger partial charge in [0.1, 0.15) is 5.78 Å². The van der Waals surface area contributed by atoms with Gasteiger partial charge in [0.25, 0.3) is 0 Å². The lowest BCUT2D eigenvalue weighted by atomic mass is 9.87. The minimum atomic E-state index is 0.199. The second kappa shape index (κ2) is 3.81. The van der Waals surface area contributed by atoms with Crippen molar-refractivity contribution in [1.82, 2.24) is 4.90 Å². The van der Waals surface area contributed by atoms with E-state index in [0.717, 1.165) is 26.1 Å². The second-order valence-corrected chi connectivity index (χ2v) is 5.89. The van der Waals surface area contributed by atoms with Crippen LogP contribution < -0.4 is 0 Å². The number of Topliss-reactive ketones (excluding diaryl/α,β-unsaturated/α-hetero) is 1. The van der Waals surface area contributed by atoms with Gasteiger partial charge in [0.05, 0.1) is 6.61 Å². The van der Waals surface area contributed by atoms with Crippen LogP contribution in [0.25, 0.3) is 0 Å². The SMILES string of the molecule is CC1(N2C3CCC2CC(=O)C3)CCCOC1. The average Bonchev–Trinajstić information content (AvgIpc) is 2.54. The van der Waals surface area contributed by atoms with E-state index in [9.17, 15) is 4.79 Å². The summed E-state index contributed by atoms with van der Waals surface area (Å²) in [7, 11) is 0. The van der Waals surface area contributed by atoms with E-state index in [4.69, 9.17) is 4.74 Å².